The van der Waals surface area contributed by atoms with Crippen molar-refractivity contribution in [3.63, 3.8) is 0 Å². The molecule has 25 heavy (non-hydrogen) atoms. The van der Waals surface area contributed by atoms with E-state index in [1.54, 1.807) is 16.9 Å². The minimum absolute atomic E-state index is 0.106. The highest BCUT2D eigenvalue weighted by atomic mass is 19.1. The maximum atomic E-state index is 13.0. The van der Waals surface area contributed by atoms with Crippen LogP contribution in [0.4, 0.5) is 4.39 Å². The van der Waals surface area contributed by atoms with Gasteiger partial charge in [0.05, 0.1) is 6.04 Å². The number of hydrogen-bond acceptors (Lipinski definition) is 5. The predicted octanol–water partition coefficient (Wildman–Crippen LogP) is 1.82. The lowest BCUT2D eigenvalue weighted by molar-refractivity contribution is -0.142. The third-order valence-electron chi connectivity index (χ3n) is 4.84. The first-order chi connectivity index (χ1) is 12.2. The van der Waals surface area contributed by atoms with Gasteiger partial charge in [-0.2, -0.15) is 4.80 Å². The number of benzene rings is 1. The average Bonchev–Trinajstić information content (AvgIpc) is 3.34. The molecule has 8 heteroatoms. The number of hydrogen-bond donors (Lipinski definition) is 0. The zero-order chi connectivity index (χ0) is 17.2. The Morgan fingerprint density at radius 1 is 1.16 bits per heavy atom. The summed E-state index contributed by atoms with van der Waals surface area (Å²) in [4.78, 5) is 15.9. The molecule has 2 fully saturated rings. The maximum absolute atomic E-state index is 13.0. The summed E-state index contributed by atoms with van der Waals surface area (Å²) in [5.41, 5.74) is 0.735. The molecule has 0 saturated carbocycles. The van der Waals surface area contributed by atoms with Crippen LogP contribution < -0.4 is 0 Å². The minimum atomic E-state index is -0.292. The van der Waals surface area contributed by atoms with Crippen molar-refractivity contribution in [2.45, 2.75) is 37.8 Å². The lowest BCUT2D eigenvalue weighted by Gasteiger charge is -2.32. The molecule has 2 aliphatic rings. The van der Waals surface area contributed by atoms with Crippen LogP contribution in [0.25, 0.3) is 11.4 Å². The van der Waals surface area contributed by atoms with Crippen LogP contribution in [-0.4, -0.2) is 56.8 Å². The summed E-state index contributed by atoms with van der Waals surface area (Å²) in [5, 5.41) is 12.6. The number of tetrazole rings is 1. The van der Waals surface area contributed by atoms with Gasteiger partial charge in [-0.1, -0.05) is 0 Å². The van der Waals surface area contributed by atoms with Gasteiger partial charge in [0.2, 0.25) is 5.82 Å². The van der Waals surface area contributed by atoms with Crippen molar-refractivity contribution in [3.05, 3.63) is 30.1 Å². The number of halogens is 1. The van der Waals surface area contributed by atoms with Gasteiger partial charge in [-0.05, 0) is 55.2 Å². The number of amides is 1. The lowest BCUT2D eigenvalue weighted by atomic mass is 10.0. The van der Waals surface area contributed by atoms with Crippen molar-refractivity contribution in [2.24, 2.45) is 0 Å². The van der Waals surface area contributed by atoms with Crippen LogP contribution in [0.3, 0.4) is 0 Å². The third kappa shape index (κ3) is 3.39. The van der Waals surface area contributed by atoms with Gasteiger partial charge < -0.3 is 9.64 Å². The molecule has 1 aromatic carbocycles. The van der Waals surface area contributed by atoms with Gasteiger partial charge in [0, 0.05) is 25.3 Å². The molecule has 1 aromatic heterocycles. The molecule has 1 atom stereocenters. The number of rotatable bonds is 3. The fraction of sp³-hybridized carbons (Fsp3) is 0.529. The molecule has 2 aromatic rings. The van der Waals surface area contributed by atoms with Crippen molar-refractivity contribution in [1.82, 2.24) is 25.1 Å². The first-order valence-corrected chi connectivity index (χ1v) is 8.66. The highest BCUT2D eigenvalue weighted by Crippen LogP contribution is 2.24. The molecule has 2 aliphatic heterocycles. The Morgan fingerprint density at radius 2 is 1.92 bits per heavy atom. The lowest BCUT2D eigenvalue weighted by Crippen LogP contribution is -2.44. The van der Waals surface area contributed by atoms with E-state index in [0.29, 0.717) is 25.5 Å². The summed E-state index contributed by atoms with van der Waals surface area (Å²) in [6, 6.07) is 6.16. The van der Waals surface area contributed by atoms with E-state index in [1.807, 2.05) is 4.90 Å². The summed E-state index contributed by atoms with van der Waals surface area (Å²) >= 11 is 0. The van der Waals surface area contributed by atoms with Gasteiger partial charge in [-0.25, -0.2) is 4.39 Å². The Morgan fingerprint density at radius 3 is 2.60 bits per heavy atom. The Bertz CT molecular complexity index is 734. The van der Waals surface area contributed by atoms with Crippen molar-refractivity contribution < 1.29 is 13.9 Å². The van der Waals surface area contributed by atoms with Crippen LogP contribution in [0, 0.1) is 5.82 Å². The standard InChI is InChI=1S/C17H20FN5O2/c18-13-5-3-12(4-6-13)16-19-21-23(20-16)14-7-9-22(10-8-14)17(24)15-2-1-11-25-15/h3-6,14-15H,1-2,7-11H2/t15-/m0/s1. The zero-order valence-corrected chi connectivity index (χ0v) is 13.8. The van der Waals surface area contributed by atoms with E-state index in [4.69, 9.17) is 4.74 Å². The van der Waals surface area contributed by atoms with Crippen LogP contribution in [0.5, 0.6) is 0 Å². The zero-order valence-electron chi connectivity index (χ0n) is 13.8. The number of aromatic nitrogens is 4. The van der Waals surface area contributed by atoms with E-state index in [2.05, 4.69) is 15.4 Å². The average molecular weight is 345 g/mol. The van der Waals surface area contributed by atoms with Crippen molar-refractivity contribution in [1.29, 1.82) is 0 Å². The molecule has 0 bridgehead atoms. The highest BCUT2D eigenvalue weighted by molar-refractivity contribution is 5.81. The first-order valence-electron chi connectivity index (χ1n) is 8.66. The fourth-order valence-corrected chi connectivity index (χ4v) is 3.39. The van der Waals surface area contributed by atoms with E-state index in [1.165, 1.54) is 12.1 Å². The predicted molar refractivity (Wildman–Crippen MR) is 87.0 cm³/mol. The molecule has 0 unspecified atom stereocenters. The molecule has 0 spiro atoms. The topological polar surface area (TPSA) is 73.1 Å². The number of carbonyl (C=O) groups excluding carboxylic acids is 1. The number of nitrogens with zero attached hydrogens (tertiary/aromatic N) is 5. The Balaban J connectivity index is 1.38. The van der Waals surface area contributed by atoms with Gasteiger partial charge in [-0.15, -0.1) is 10.2 Å². The fourth-order valence-electron chi connectivity index (χ4n) is 3.39. The third-order valence-corrected chi connectivity index (χ3v) is 4.84. The highest BCUT2D eigenvalue weighted by Gasteiger charge is 2.31. The molecular weight excluding hydrogens is 325 g/mol. The molecule has 132 valence electrons. The van der Waals surface area contributed by atoms with Crippen molar-refractivity contribution in [3.8, 4) is 11.4 Å². The SMILES string of the molecule is O=C([C@@H]1CCCO1)N1CCC(n2nnc(-c3ccc(F)cc3)n2)CC1. The smallest absolute Gasteiger partial charge is 0.251 e. The molecule has 4 rings (SSSR count). The second-order valence-corrected chi connectivity index (χ2v) is 6.50. The number of carbonyl (C=O) groups is 1. The van der Waals surface area contributed by atoms with Gasteiger partial charge >= 0.3 is 0 Å². The molecule has 0 N–H and O–H groups in total. The van der Waals surface area contributed by atoms with Crippen LogP contribution in [0.15, 0.2) is 24.3 Å². The van der Waals surface area contributed by atoms with Crippen LogP contribution >= 0.6 is 0 Å². The molecule has 0 aliphatic carbocycles. The Hall–Kier alpha value is -2.35. The van der Waals surface area contributed by atoms with Crippen LogP contribution in [0.2, 0.25) is 0 Å². The Labute approximate surface area is 144 Å². The molecule has 3 heterocycles. The van der Waals surface area contributed by atoms with Crippen LogP contribution in [0.1, 0.15) is 31.7 Å². The summed E-state index contributed by atoms with van der Waals surface area (Å²) in [6.45, 7) is 2.04. The number of ether oxygens (including phenoxy) is 1. The maximum Gasteiger partial charge on any atom is 0.251 e. The number of piperidine rings is 1. The second-order valence-electron chi connectivity index (χ2n) is 6.50. The summed E-state index contributed by atoms with van der Waals surface area (Å²) in [6.07, 6.45) is 3.10. The molecule has 1 amide bonds. The quantitative estimate of drug-likeness (QED) is 0.848. The van der Waals surface area contributed by atoms with Crippen LogP contribution in [-0.2, 0) is 9.53 Å². The van der Waals surface area contributed by atoms with E-state index < -0.39 is 0 Å². The summed E-state index contributed by atoms with van der Waals surface area (Å²) in [5.74, 6) is 0.298. The molecule has 0 radical (unpaired) electrons. The van der Waals surface area contributed by atoms with E-state index in [9.17, 15) is 9.18 Å². The normalized spacial score (nSPS) is 21.6. The van der Waals surface area contributed by atoms with Gasteiger partial charge in [0.15, 0.2) is 0 Å². The summed E-state index contributed by atoms with van der Waals surface area (Å²) < 4.78 is 18.5. The van der Waals surface area contributed by atoms with E-state index >= 15 is 0 Å². The molecular formula is C17H20FN5O2. The Kier molecular flexibility index (Phi) is 4.44. The second kappa shape index (κ2) is 6.87. The van der Waals surface area contributed by atoms with Crippen molar-refractivity contribution in [2.75, 3.05) is 19.7 Å². The van der Waals surface area contributed by atoms with E-state index in [0.717, 1.165) is 31.2 Å². The molecule has 7 nitrogen and oxygen atoms in total. The number of likely N-dealkylation sites (tertiary alicyclic amines) is 1. The van der Waals surface area contributed by atoms with Gasteiger partial charge in [0.1, 0.15) is 11.9 Å². The largest absolute Gasteiger partial charge is 0.368 e. The van der Waals surface area contributed by atoms with Crippen molar-refractivity contribution >= 4 is 5.91 Å². The molecule has 2 saturated heterocycles. The minimum Gasteiger partial charge on any atom is -0.368 e. The monoisotopic (exact) mass is 345 g/mol. The first kappa shape index (κ1) is 16.1. The summed E-state index contributed by atoms with van der Waals surface area (Å²) in [7, 11) is 0. The van der Waals surface area contributed by atoms with E-state index in [-0.39, 0.29) is 23.9 Å². The van der Waals surface area contributed by atoms with Gasteiger partial charge in [-0.3, -0.25) is 4.79 Å². The van der Waals surface area contributed by atoms with Gasteiger partial charge in [0.25, 0.3) is 5.91 Å².